The van der Waals surface area contributed by atoms with Crippen LogP contribution in [0.4, 0.5) is 4.39 Å². The minimum absolute atomic E-state index is 0.191. The van der Waals surface area contributed by atoms with Crippen LogP contribution in [0.3, 0.4) is 0 Å². The fraction of sp³-hybridized carbons (Fsp3) is 0.357. The van der Waals surface area contributed by atoms with Crippen LogP contribution >= 0.6 is 0 Å². The second-order valence-electron chi connectivity index (χ2n) is 5.11. The summed E-state index contributed by atoms with van der Waals surface area (Å²) in [6.45, 7) is 0.395. The molecule has 0 unspecified atom stereocenters. The molecule has 1 N–H and O–H groups in total. The first-order valence-electron chi connectivity index (χ1n) is 6.55. The predicted molar refractivity (Wildman–Crippen MR) is 70.6 cm³/mol. The lowest BCUT2D eigenvalue weighted by Crippen LogP contribution is -2.27. The highest BCUT2D eigenvalue weighted by Crippen LogP contribution is 2.37. The standard InChI is InChI=1S/C14H15FN4O/c1-19(8-9-2-6-11(15)7-3-9)14(20)13-16-12(17-18-13)10-4-5-10/h2-3,6-7,10H,4-5,8H2,1H3,(H,16,17,18). The monoisotopic (exact) mass is 274 g/mol. The predicted octanol–water partition coefficient (Wildman–Crippen LogP) is 2.09. The van der Waals surface area contributed by atoms with E-state index in [4.69, 9.17) is 0 Å². The van der Waals surface area contributed by atoms with Crippen LogP contribution in [-0.4, -0.2) is 33.0 Å². The van der Waals surface area contributed by atoms with E-state index in [0.29, 0.717) is 12.5 Å². The molecule has 5 nitrogen and oxygen atoms in total. The smallest absolute Gasteiger partial charge is 0.293 e. The van der Waals surface area contributed by atoms with E-state index in [0.717, 1.165) is 24.2 Å². The Labute approximate surface area is 115 Å². The van der Waals surface area contributed by atoms with E-state index in [1.807, 2.05) is 0 Å². The summed E-state index contributed by atoms with van der Waals surface area (Å²) >= 11 is 0. The van der Waals surface area contributed by atoms with Crippen molar-refractivity contribution in [2.24, 2.45) is 0 Å². The first-order chi connectivity index (χ1) is 9.63. The summed E-state index contributed by atoms with van der Waals surface area (Å²) in [5.41, 5.74) is 0.861. The van der Waals surface area contributed by atoms with Gasteiger partial charge >= 0.3 is 0 Å². The number of aromatic amines is 1. The first kappa shape index (κ1) is 12.8. The van der Waals surface area contributed by atoms with Crippen LogP contribution in [-0.2, 0) is 6.54 Å². The lowest BCUT2D eigenvalue weighted by atomic mass is 10.2. The van der Waals surface area contributed by atoms with Crippen LogP contribution in [0.25, 0.3) is 0 Å². The summed E-state index contributed by atoms with van der Waals surface area (Å²) in [6, 6.07) is 6.08. The molecule has 1 aromatic carbocycles. The molecule has 0 aliphatic heterocycles. The SMILES string of the molecule is CN(Cc1ccc(F)cc1)C(=O)c1n[nH]c(C2CC2)n1. The Bertz CT molecular complexity index is 618. The number of hydrogen-bond acceptors (Lipinski definition) is 3. The average Bonchev–Trinajstić information content (AvgIpc) is 3.18. The van der Waals surface area contributed by atoms with Crippen molar-refractivity contribution in [1.82, 2.24) is 20.1 Å². The number of halogens is 1. The van der Waals surface area contributed by atoms with Crippen LogP contribution < -0.4 is 0 Å². The van der Waals surface area contributed by atoms with Gasteiger partial charge in [0.05, 0.1) is 0 Å². The second kappa shape index (κ2) is 5.03. The lowest BCUT2D eigenvalue weighted by molar-refractivity contribution is 0.0773. The van der Waals surface area contributed by atoms with E-state index < -0.39 is 0 Å². The molecule has 1 fully saturated rings. The fourth-order valence-corrected chi connectivity index (χ4v) is 2.02. The van der Waals surface area contributed by atoms with Gasteiger partial charge < -0.3 is 4.90 Å². The maximum atomic E-state index is 12.8. The van der Waals surface area contributed by atoms with Crippen molar-refractivity contribution in [1.29, 1.82) is 0 Å². The molecule has 104 valence electrons. The summed E-state index contributed by atoms with van der Waals surface area (Å²) in [5, 5.41) is 6.78. The summed E-state index contributed by atoms with van der Waals surface area (Å²) in [5.74, 6) is 0.898. The van der Waals surface area contributed by atoms with Crippen molar-refractivity contribution in [3.8, 4) is 0 Å². The zero-order valence-electron chi connectivity index (χ0n) is 11.1. The van der Waals surface area contributed by atoms with E-state index in [1.165, 1.54) is 17.0 Å². The molecule has 1 heterocycles. The molecule has 0 atom stereocenters. The Kier molecular flexibility index (Phi) is 3.22. The minimum Gasteiger partial charge on any atom is -0.335 e. The second-order valence-corrected chi connectivity index (χ2v) is 5.11. The Morgan fingerprint density at radius 3 is 2.75 bits per heavy atom. The zero-order valence-corrected chi connectivity index (χ0v) is 11.1. The number of amides is 1. The van der Waals surface area contributed by atoms with Gasteiger partial charge in [0.2, 0.25) is 5.82 Å². The number of nitrogens with one attached hydrogen (secondary N) is 1. The molecular weight excluding hydrogens is 259 g/mol. The number of H-pyrrole nitrogens is 1. The Morgan fingerprint density at radius 1 is 1.40 bits per heavy atom. The molecule has 3 rings (SSSR count). The molecule has 0 spiro atoms. The highest BCUT2D eigenvalue weighted by atomic mass is 19.1. The number of carbonyl (C=O) groups is 1. The molecule has 1 amide bonds. The van der Waals surface area contributed by atoms with Gasteiger partial charge in [0, 0.05) is 19.5 Å². The summed E-state index contributed by atoms with van der Waals surface area (Å²) < 4.78 is 12.8. The number of benzene rings is 1. The molecule has 6 heteroatoms. The quantitative estimate of drug-likeness (QED) is 0.928. The molecule has 20 heavy (non-hydrogen) atoms. The third kappa shape index (κ3) is 2.68. The number of carbonyl (C=O) groups excluding carboxylic acids is 1. The van der Waals surface area contributed by atoms with Crippen LogP contribution in [0.5, 0.6) is 0 Å². The Hall–Kier alpha value is -2.24. The average molecular weight is 274 g/mol. The van der Waals surface area contributed by atoms with Gasteiger partial charge in [0.1, 0.15) is 11.6 Å². The molecule has 2 aromatic rings. The molecule has 0 radical (unpaired) electrons. The van der Waals surface area contributed by atoms with Gasteiger partial charge in [0.25, 0.3) is 5.91 Å². The highest BCUT2D eigenvalue weighted by molar-refractivity contribution is 5.90. The molecule has 0 saturated heterocycles. The first-order valence-corrected chi connectivity index (χ1v) is 6.55. The maximum absolute atomic E-state index is 12.8. The molecule has 1 aliphatic rings. The highest BCUT2D eigenvalue weighted by Gasteiger charge is 2.28. The lowest BCUT2D eigenvalue weighted by Gasteiger charge is -2.15. The van der Waals surface area contributed by atoms with Gasteiger partial charge in [-0.25, -0.2) is 9.37 Å². The van der Waals surface area contributed by atoms with Gasteiger partial charge in [0.15, 0.2) is 0 Å². The molecule has 1 aliphatic carbocycles. The van der Waals surface area contributed by atoms with Gasteiger partial charge in [-0.15, -0.1) is 5.10 Å². The van der Waals surface area contributed by atoms with Gasteiger partial charge in [-0.05, 0) is 30.5 Å². The van der Waals surface area contributed by atoms with E-state index in [9.17, 15) is 9.18 Å². The van der Waals surface area contributed by atoms with Crippen molar-refractivity contribution in [2.45, 2.75) is 25.3 Å². The number of hydrogen-bond donors (Lipinski definition) is 1. The van der Waals surface area contributed by atoms with Crippen molar-refractivity contribution in [3.63, 3.8) is 0 Å². The van der Waals surface area contributed by atoms with Crippen molar-refractivity contribution >= 4 is 5.91 Å². The summed E-state index contributed by atoms with van der Waals surface area (Å²) in [7, 11) is 1.68. The minimum atomic E-state index is -0.286. The van der Waals surface area contributed by atoms with Crippen LogP contribution in [0.1, 0.15) is 40.8 Å². The van der Waals surface area contributed by atoms with Crippen LogP contribution in [0.2, 0.25) is 0 Å². The van der Waals surface area contributed by atoms with E-state index >= 15 is 0 Å². The fourth-order valence-electron chi connectivity index (χ4n) is 2.02. The maximum Gasteiger partial charge on any atom is 0.293 e. The number of nitrogens with zero attached hydrogens (tertiary/aromatic N) is 3. The van der Waals surface area contributed by atoms with E-state index in [2.05, 4.69) is 15.2 Å². The summed E-state index contributed by atoms with van der Waals surface area (Å²) in [4.78, 5) is 17.9. The summed E-state index contributed by atoms with van der Waals surface area (Å²) in [6.07, 6.45) is 2.21. The van der Waals surface area contributed by atoms with Crippen LogP contribution in [0, 0.1) is 5.82 Å². The van der Waals surface area contributed by atoms with Crippen molar-refractivity contribution in [3.05, 3.63) is 47.3 Å². The molecule has 1 aromatic heterocycles. The van der Waals surface area contributed by atoms with Crippen molar-refractivity contribution in [2.75, 3.05) is 7.05 Å². The van der Waals surface area contributed by atoms with Gasteiger partial charge in [-0.2, -0.15) is 0 Å². The zero-order chi connectivity index (χ0) is 14.1. The largest absolute Gasteiger partial charge is 0.335 e. The third-order valence-corrected chi connectivity index (χ3v) is 3.34. The van der Waals surface area contributed by atoms with Gasteiger partial charge in [-0.1, -0.05) is 12.1 Å². The van der Waals surface area contributed by atoms with Crippen molar-refractivity contribution < 1.29 is 9.18 Å². The van der Waals surface area contributed by atoms with Gasteiger partial charge in [-0.3, -0.25) is 9.89 Å². The molecule has 1 saturated carbocycles. The third-order valence-electron chi connectivity index (χ3n) is 3.34. The Morgan fingerprint density at radius 2 is 2.10 bits per heavy atom. The molecule has 0 bridgehead atoms. The van der Waals surface area contributed by atoms with E-state index in [-0.39, 0.29) is 17.5 Å². The number of aromatic nitrogens is 3. The Balaban J connectivity index is 1.67. The molecular formula is C14H15FN4O. The van der Waals surface area contributed by atoms with Crippen LogP contribution in [0.15, 0.2) is 24.3 Å². The normalized spacial score (nSPS) is 14.3. The van der Waals surface area contributed by atoms with E-state index in [1.54, 1.807) is 19.2 Å². The number of rotatable bonds is 4. The topological polar surface area (TPSA) is 61.9 Å².